The number of rotatable bonds is 7. The zero-order chi connectivity index (χ0) is 15.9. The predicted molar refractivity (Wildman–Crippen MR) is 86.4 cm³/mol. The third-order valence-electron chi connectivity index (χ3n) is 3.61. The van der Waals surface area contributed by atoms with Crippen molar-refractivity contribution in [3.05, 3.63) is 65.2 Å². The molecule has 0 saturated heterocycles. The highest BCUT2D eigenvalue weighted by Crippen LogP contribution is 2.18. The Kier molecular flexibility index (Phi) is 5.55. The van der Waals surface area contributed by atoms with Gasteiger partial charge in [-0.15, -0.1) is 0 Å². The lowest BCUT2D eigenvalue weighted by Crippen LogP contribution is -2.21. The Balaban J connectivity index is 1.90. The van der Waals surface area contributed by atoms with Gasteiger partial charge in [0.1, 0.15) is 5.75 Å². The maximum Gasteiger partial charge on any atom is 0.335 e. The molecule has 0 amide bonds. The van der Waals surface area contributed by atoms with E-state index in [0.29, 0.717) is 5.56 Å². The van der Waals surface area contributed by atoms with Crippen LogP contribution in [0.3, 0.4) is 0 Å². The number of nitrogens with zero attached hydrogens (tertiary/aromatic N) is 1. The van der Waals surface area contributed by atoms with Gasteiger partial charge in [-0.05, 0) is 42.8 Å². The van der Waals surface area contributed by atoms with Crippen LogP contribution in [0.15, 0.2) is 48.5 Å². The first-order valence-electron chi connectivity index (χ1n) is 7.23. The summed E-state index contributed by atoms with van der Waals surface area (Å²) in [6.45, 7) is 1.69. The van der Waals surface area contributed by atoms with E-state index in [1.807, 2.05) is 30.3 Å². The molecule has 0 heterocycles. The Morgan fingerprint density at radius 2 is 1.82 bits per heavy atom. The van der Waals surface area contributed by atoms with Crippen LogP contribution in [-0.4, -0.2) is 36.7 Å². The van der Waals surface area contributed by atoms with Gasteiger partial charge in [0, 0.05) is 13.1 Å². The first kappa shape index (κ1) is 16.0. The van der Waals surface area contributed by atoms with Crippen molar-refractivity contribution >= 4 is 5.97 Å². The van der Waals surface area contributed by atoms with E-state index in [1.165, 1.54) is 5.56 Å². The molecule has 2 aromatic rings. The average molecular weight is 299 g/mol. The maximum absolute atomic E-state index is 10.8. The highest BCUT2D eigenvalue weighted by molar-refractivity contribution is 5.87. The van der Waals surface area contributed by atoms with Crippen LogP contribution in [0, 0.1) is 0 Å². The third kappa shape index (κ3) is 4.33. The number of para-hydroxylation sites is 1. The summed E-state index contributed by atoms with van der Waals surface area (Å²) in [7, 11) is 3.74. The van der Waals surface area contributed by atoms with Gasteiger partial charge in [0.25, 0.3) is 0 Å². The van der Waals surface area contributed by atoms with Crippen molar-refractivity contribution < 1.29 is 14.6 Å². The molecular weight excluding hydrogens is 278 g/mol. The molecule has 1 N–H and O–H groups in total. The largest absolute Gasteiger partial charge is 0.496 e. The number of methoxy groups -OCH3 is 1. The first-order chi connectivity index (χ1) is 10.6. The molecular formula is C18H21NO3. The SMILES string of the molecule is COc1ccccc1CCN(C)Cc1ccc(C(=O)O)cc1. The van der Waals surface area contributed by atoms with E-state index < -0.39 is 5.97 Å². The van der Waals surface area contributed by atoms with Gasteiger partial charge >= 0.3 is 5.97 Å². The lowest BCUT2D eigenvalue weighted by molar-refractivity contribution is 0.0697. The molecule has 4 heteroatoms. The Morgan fingerprint density at radius 3 is 2.45 bits per heavy atom. The molecule has 0 aromatic heterocycles. The molecule has 0 aliphatic heterocycles. The number of benzene rings is 2. The molecule has 0 radical (unpaired) electrons. The van der Waals surface area contributed by atoms with Crippen molar-refractivity contribution in [1.82, 2.24) is 4.90 Å². The number of aromatic carboxylic acids is 1. The van der Waals surface area contributed by atoms with E-state index in [0.717, 1.165) is 30.8 Å². The van der Waals surface area contributed by atoms with Crippen molar-refractivity contribution in [1.29, 1.82) is 0 Å². The van der Waals surface area contributed by atoms with E-state index in [-0.39, 0.29) is 0 Å². The van der Waals surface area contributed by atoms with Gasteiger partial charge in [0.15, 0.2) is 0 Å². The van der Waals surface area contributed by atoms with Crippen LogP contribution in [0.5, 0.6) is 5.75 Å². The third-order valence-corrected chi connectivity index (χ3v) is 3.61. The summed E-state index contributed by atoms with van der Waals surface area (Å²) >= 11 is 0. The number of hydrogen-bond donors (Lipinski definition) is 1. The fourth-order valence-corrected chi connectivity index (χ4v) is 2.36. The highest BCUT2D eigenvalue weighted by atomic mass is 16.5. The molecule has 116 valence electrons. The van der Waals surface area contributed by atoms with Crippen LogP contribution in [0.1, 0.15) is 21.5 Å². The van der Waals surface area contributed by atoms with E-state index in [9.17, 15) is 4.79 Å². The number of hydrogen-bond acceptors (Lipinski definition) is 3. The highest BCUT2D eigenvalue weighted by Gasteiger charge is 2.06. The van der Waals surface area contributed by atoms with Gasteiger partial charge in [-0.25, -0.2) is 4.79 Å². The molecule has 0 aliphatic carbocycles. The molecule has 2 rings (SSSR count). The molecule has 22 heavy (non-hydrogen) atoms. The van der Waals surface area contributed by atoms with Crippen molar-refractivity contribution in [2.75, 3.05) is 20.7 Å². The second kappa shape index (κ2) is 7.61. The summed E-state index contributed by atoms with van der Waals surface area (Å²) in [6.07, 6.45) is 0.910. The van der Waals surface area contributed by atoms with Gasteiger partial charge in [-0.2, -0.15) is 0 Å². The molecule has 0 unspecified atom stereocenters. The number of carbonyl (C=O) groups is 1. The van der Waals surface area contributed by atoms with E-state index in [4.69, 9.17) is 9.84 Å². The molecule has 0 spiro atoms. The van der Waals surface area contributed by atoms with Crippen molar-refractivity contribution in [2.45, 2.75) is 13.0 Å². The van der Waals surface area contributed by atoms with Gasteiger partial charge in [-0.3, -0.25) is 0 Å². The van der Waals surface area contributed by atoms with Gasteiger partial charge in [0.2, 0.25) is 0 Å². The molecule has 0 aliphatic rings. The second-order valence-electron chi connectivity index (χ2n) is 5.30. The first-order valence-corrected chi connectivity index (χ1v) is 7.23. The molecule has 2 aromatic carbocycles. The Hall–Kier alpha value is -2.33. The maximum atomic E-state index is 10.8. The second-order valence-corrected chi connectivity index (χ2v) is 5.30. The topological polar surface area (TPSA) is 49.8 Å². The Bertz CT molecular complexity index is 622. The summed E-state index contributed by atoms with van der Waals surface area (Å²) < 4.78 is 5.36. The zero-order valence-corrected chi connectivity index (χ0v) is 13.0. The zero-order valence-electron chi connectivity index (χ0n) is 13.0. The van der Waals surface area contributed by atoms with E-state index in [1.54, 1.807) is 19.2 Å². The molecule has 0 saturated carbocycles. The van der Waals surface area contributed by atoms with Crippen LogP contribution < -0.4 is 4.74 Å². The summed E-state index contributed by atoms with van der Waals surface area (Å²) in [5.74, 6) is 0.0257. The van der Waals surface area contributed by atoms with Crippen molar-refractivity contribution in [3.8, 4) is 5.75 Å². The van der Waals surface area contributed by atoms with Crippen LogP contribution in [0.25, 0.3) is 0 Å². The normalized spacial score (nSPS) is 10.7. The lowest BCUT2D eigenvalue weighted by Gasteiger charge is -2.17. The summed E-state index contributed by atoms with van der Waals surface area (Å²) in [6, 6.07) is 15.1. The Morgan fingerprint density at radius 1 is 1.14 bits per heavy atom. The average Bonchev–Trinajstić information content (AvgIpc) is 2.53. The predicted octanol–water partition coefficient (Wildman–Crippen LogP) is 3.07. The molecule has 0 atom stereocenters. The minimum Gasteiger partial charge on any atom is -0.496 e. The van der Waals surface area contributed by atoms with Crippen LogP contribution in [0.4, 0.5) is 0 Å². The van der Waals surface area contributed by atoms with Crippen LogP contribution >= 0.6 is 0 Å². The number of carboxylic acid groups (broad SMARTS) is 1. The summed E-state index contributed by atoms with van der Waals surface area (Å²) in [5.41, 5.74) is 2.62. The summed E-state index contributed by atoms with van der Waals surface area (Å²) in [5, 5.41) is 8.89. The monoisotopic (exact) mass is 299 g/mol. The van der Waals surface area contributed by atoms with Crippen LogP contribution in [0.2, 0.25) is 0 Å². The lowest BCUT2D eigenvalue weighted by atomic mass is 10.1. The van der Waals surface area contributed by atoms with Crippen molar-refractivity contribution in [2.24, 2.45) is 0 Å². The quantitative estimate of drug-likeness (QED) is 0.853. The van der Waals surface area contributed by atoms with Gasteiger partial charge in [-0.1, -0.05) is 30.3 Å². The van der Waals surface area contributed by atoms with Gasteiger partial charge in [0.05, 0.1) is 12.7 Å². The Labute approximate surface area is 131 Å². The summed E-state index contributed by atoms with van der Waals surface area (Å²) in [4.78, 5) is 13.0. The number of ether oxygens (including phenoxy) is 1. The van der Waals surface area contributed by atoms with Crippen molar-refractivity contribution in [3.63, 3.8) is 0 Å². The number of carboxylic acids is 1. The van der Waals surface area contributed by atoms with Gasteiger partial charge < -0.3 is 14.7 Å². The smallest absolute Gasteiger partial charge is 0.335 e. The molecule has 4 nitrogen and oxygen atoms in total. The minimum absolute atomic E-state index is 0.320. The molecule has 0 bridgehead atoms. The fourth-order valence-electron chi connectivity index (χ4n) is 2.36. The number of likely N-dealkylation sites (N-methyl/N-ethyl adjacent to an activating group) is 1. The van der Waals surface area contributed by atoms with Crippen LogP contribution in [-0.2, 0) is 13.0 Å². The minimum atomic E-state index is -0.893. The fraction of sp³-hybridized carbons (Fsp3) is 0.278. The van der Waals surface area contributed by atoms with E-state index in [2.05, 4.69) is 18.0 Å². The molecule has 0 fully saturated rings. The van der Waals surface area contributed by atoms with E-state index >= 15 is 0 Å². The standard InChI is InChI=1S/C18H21NO3/c1-19(12-11-15-5-3-4-6-17(15)22-2)13-14-7-9-16(10-8-14)18(20)21/h3-10H,11-13H2,1-2H3,(H,20,21).